The van der Waals surface area contributed by atoms with Gasteiger partial charge in [0.15, 0.2) is 0 Å². The van der Waals surface area contributed by atoms with Crippen LogP contribution in [0.15, 0.2) is 30.3 Å². The van der Waals surface area contributed by atoms with Crippen molar-refractivity contribution < 1.29 is 0 Å². The van der Waals surface area contributed by atoms with E-state index in [4.69, 9.17) is 0 Å². The number of rotatable bonds is 16. The predicted octanol–water partition coefficient (Wildman–Crippen LogP) is 9.76. The molecule has 28 heavy (non-hydrogen) atoms. The van der Waals surface area contributed by atoms with E-state index in [1.165, 1.54) is 82.6 Å². The Labute approximate surface area is 179 Å². The molecule has 0 radical (unpaired) electrons. The van der Waals surface area contributed by atoms with E-state index < -0.39 is 7.26 Å². The molecule has 0 atom stereocenters. The van der Waals surface area contributed by atoms with Crippen LogP contribution in [0.25, 0.3) is 0 Å². The Morgan fingerprint density at radius 2 is 0.893 bits per heavy atom. The van der Waals surface area contributed by atoms with Gasteiger partial charge in [0, 0.05) is 7.26 Å². The summed E-state index contributed by atoms with van der Waals surface area (Å²) in [4.78, 5) is 0. The standard InChI is InChI=1S/C20H44P.C7H8/c1-5-9-13-14-15-16-20-21(17-10-6-2,18-11-7-3)19-12-8-4;1-7-5-3-2-4-6-7/h5-20H2,1-4H3;2-6H,1H3/q+1;. The lowest BCUT2D eigenvalue weighted by atomic mass is 10.1. The van der Waals surface area contributed by atoms with Gasteiger partial charge in [0.1, 0.15) is 0 Å². The molecule has 0 saturated carbocycles. The Morgan fingerprint density at radius 3 is 1.29 bits per heavy atom. The van der Waals surface area contributed by atoms with Gasteiger partial charge in [-0.15, -0.1) is 0 Å². The minimum Gasteiger partial charge on any atom is -0.0654 e. The first-order chi connectivity index (χ1) is 13.6. The van der Waals surface area contributed by atoms with Gasteiger partial charge in [-0.1, -0.05) is 109 Å². The average Bonchev–Trinajstić information content (AvgIpc) is 2.72. The monoisotopic (exact) mass is 407 g/mol. The van der Waals surface area contributed by atoms with Gasteiger partial charge in [0.05, 0.1) is 24.6 Å². The fraction of sp³-hybridized carbons (Fsp3) is 0.778. The molecule has 0 spiro atoms. The molecular formula is C27H52P+. The number of benzene rings is 1. The third-order valence-electron chi connectivity index (χ3n) is 5.88. The van der Waals surface area contributed by atoms with E-state index in [1.54, 1.807) is 24.6 Å². The van der Waals surface area contributed by atoms with Gasteiger partial charge >= 0.3 is 0 Å². The van der Waals surface area contributed by atoms with Crippen LogP contribution in [-0.2, 0) is 0 Å². The molecule has 1 aromatic rings. The second kappa shape index (κ2) is 19.9. The normalized spacial score (nSPS) is 11.2. The molecule has 0 N–H and O–H groups in total. The first-order valence-electron chi connectivity index (χ1n) is 12.5. The lowest BCUT2D eigenvalue weighted by Crippen LogP contribution is -2.13. The number of hydrogen-bond donors (Lipinski definition) is 0. The molecular weight excluding hydrogens is 355 g/mol. The van der Waals surface area contributed by atoms with E-state index in [-0.39, 0.29) is 0 Å². The molecule has 0 amide bonds. The van der Waals surface area contributed by atoms with Crippen LogP contribution in [0.5, 0.6) is 0 Å². The summed E-state index contributed by atoms with van der Waals surface area (Å²) in [6.07, 6.45) is 24.0. The van der Waals surface area contributed by atoms with Crippen molar-refractivity contribution in [3.05, 3.63) is 35.9 Å². The van der Waals surface area contributed by atoms with Gasteiger partial charge in [-0.3, -0.25) is 0 Å². The second-order valence-corrected chi connectivity index (χ2v) is 13.2. The molecule has 1 aromatic carbocycles. The van der Waals surface area contributed by atoms with Crippen molar-refractivity contribution in [2.75, 3.05) is 24.6 Å². The molecule has 0 aliphatic heterocycles. The summed E-state index contributed by atoms with van der Waals surface area (Å²) in [5, 5.41) is 0. The minimum atomic E-state index is -0.601. The van der Waals surface area contributed by atoms with Crippen LogP contribution in [0.1, 0.15) is 110 Å². The van der Waals surface area contributed by atoms with Crippen molar-refractivity contribution in [2.45, 2.75) is 112 Å². The Bertz CT molecular complexity index is 390. The Hall–Kier alpha value is -0.350. The summed E-state index contributed by atoms with van der Waals surface area (Å²) in [5.74, 6) is 0. The molecule has 0 aromatic heterocycles. The molecule has 0 nitrogen and oxygen atoms in total. The number of aryl methyl sites for hydroxylation is 1. The van der Waals surface area contributed by atoms with Crippen molar-refractivity contribution in [1.29, 1.82) is 0 Å². The number of hydrogen-bond acceptors (Lipinski definition) is 0. The summed E-state index contributed by atoms with van der Waals surface area (Å²) < 4.78 is 0. The van der Waals surface area contributed by atoms with Gasteiger partial charge in [0.25, 0.3) is 0 Å². The molecule has 1 heteroatoms. The fourth-order valence-electron chi connectivity index (χ4n) is 3.91. The summed E-state index contributed by atoms with van der Waals surface area (Å²) >= 11 is 0. The Morgan fingerprint density at radius 1 is 0.500 bits per heavy atom. The minimum absolute atomic E-state index is 0.601. The lowest BCUT2D eigenvalue weighted by molar-refractivity contribution is 0.624. The third kappa shape index (κ3) is 15.6. The zero-order valence-electron chi connectivity index (χ0n) is 20.1. The van der Waals surface area contributed by atoms with E-state index in [2.05, 4.69) is 46.8 Å². The topological polar surface area (TPSA) is 0 Å². The molecule has 1 rings (SSSR count). The zero-order valence-corrected chi connectivity index (χ0v) is 21.0. The van der Waals surface area contributed by atoms with Gasteiger partial charge in [-0.05, 0) is 39.0 Å². The van der Waals surface area contributed by atoms with Crippen LogP contribution in [0.4, 0.5) is 0 Å². The molecule has 0 heterocycles. The molecule has 0 bridgehead atoms. The van der Waals surface area contributed by atoms with Crippen LogP contribution in [0.3, 0.4) is 0 Å². The van der Waals surface area contributed by atoms with Gasteiger partial charge in [0.2, 0.25) is 0 Å². The first kappa shape index (κ1) is 27.6. The second-order valence-electron chi connectivity index (χ2n) is 8.72. The van der Waals surface area contributed by atoms with Crippen molar-refractivity contribution in [3.8, 4) is 0 Å². The lowest BCUT2D eigenvalue weighted by Gasteiger charge is -2.28. The Kier molecular flexibility index (Phi) is 19.7. The predicted molar refractivity (Wildman–Crippen MR) is 136 cm³/mol. The van der Waals surface area contributed by atoms with Gasteiger partial charge in [-0.2, -0.15) is 0 Å². The van der Waals surface area contributed by atoms with E-state index in [0.717, 1.165) is 0 Å². The summed E-state index contributed by atoms with van der Waals surface area (Å²) in [6, 6.07) is 10.3. The van der Waals surface area contributed by atoms with Gasteiger partial charge in [-0.25, -0.2) is 0 Å². The molecule has 0 unspecified atom stereocenters. The highest BCUT2D eigenvalue weighted by Crippen LogP contribution is 2.61. The van der Waals surface area contributed by atoms with Crippen molar-refractivity contribution in [1.82, 2.24) is 0 Å². The highest BCUT2D eigenvalue weighted by Gasteiger charge is 2.34. The van der Waals surface area contributed by atoms with Crippen molar-refractivity contribution >= 4 is 7.26 Å². The van der Waals surface area contributed by atoms with E-state index in [9.17, 15) is 0 Å². The van der Waals surface area contributed by atoms with E-state index in [1.807, 2.05) is 18.2 Å². The largest absolute Gasteiger partial charge is 0.0654 e. The Balaban J connectivity index is 0.000000861. The highest BCUT2D eigenvalue weighted by atomic mass is 31.2. The van der Waals surface area contributed by atoms with Crippen LogP contribution in [0, 0.1) is 6.92 Å². The summed E-state index contributed by atoms with van der Waals surface area (Å²) in [6.45, 7) is 11.5. The van der Waals surface area contributed by atoms with Crippen LogP contribution < -0.4 is 0 Å². The SMILES string of the molecule is CCCCCCCC[P+](CCCC)(CCCC)CCCC.Cc1ccccc1. The molecule has 0 saturated heterocycles. The first-order valence-corrected chi connectivity index (χ1v) is 15.0. The fourth-order valence-corrected chi connectivity index (χ4v) is 9.11. The van der Waals surface area contributed by atoms with E-state index >= 15 is 0 Å². The van der Waals surface area contributed by atoms with Crippen LogP contribution in [0.2, 0.25) is 0 Å². The summed E-state index contributed by atoms with van der Waals surface area (Å²) in [7, 11) is -0.601. The maximum atomic E-state index is 2.37. The molecule has 164 valence electrons. The van der Waals surface area contributed by atoms with Crippen molar-refractivity contribution in [2.24, 2.45) is 0 Å². The molecule has 0 aliphatic carbocycles. The summed E-state index contributed by atoms with van der Waals surface area (Å²) in [5.41, 5.74) is 1.32. The van der Waals surface area contributed by atoms with Crippen LogP contribution in [-0.4, -0.2) is 24.6 Å². The zero-order chi connectivity index (χ0) is 20.9. The molecule has 0 aliphatic rings. The van der Waals surface area contributed by atoms with Crippen LogP contribution >= 0.6 is 7.26 Å². The average molecular weight is 408 g/mol. The quantitative estimate of drug-likeness (QED) is 0.189. The third-order valence-corrected chi connectivity index (χ3v) is 10.9. The number of unbranched alkanes of at least 4 members (excludes halogenated alkanes) is 8. The van der Waals surface area contributed by atoms with Gasteiger partial charge < -0.3 is 0 Å². The smallest absolute Gasteiger partial charge is 0.0594 e. The maximum Gasteiger partial charge on any atom is 0.0594 e. The van der Waals surface area contributed by atoms with E-state index in [0.29, 0.717) is 0 Å². The maximum absolute atomic E-state index is 2.37. The molecule has 0 fully saturated rings. The highest BCUT2D eigenvalue weighted by molar-refractivity contribution is 7.75. The van der Waals surface area contributed by atoms with Crippen molar-refractivity contribution in [3.63, 3.8) is 0 Å².